The van der Waals surface area contributed by atoms with Crippen LogP contribution in [0.2, 0.25) is 0 Å². The zero-order valence-corrected chi connectivity index (χ0v) is 8.36. The first-order chi connectivity index (χ1) is 6.71. The zero-order chi connectivity index (χ0) is 10.0. The van der Waals surface area contributed by atoms with Crippen molar-refractivity contribution in [3.05, 3.63) is 12.5 Å². The van der Waals surface area contributed by atoms with E-state index in [2.05, 4.69) is 9.97 Å². The molecule has 2 unspecified atom stereocenters. The average molecular weight is 196 g/mol. The maximum absolute atomic E-state index is 10.2. The number of ether oxygens (including phenoxy) is 1. The van der Waals surface area contributed by atoms with Gasteiger partial charge in [-0.3, -0.25) is 0 Å². The lowest BCUT2D eigenvalue weighted by molar-refractivity contribution is -0.193. The fraction of sp³-hybridized carbons (Fsp3) is 0.700. The zero-order valence-electron chi connectivity index (χ0n) is 8.36. The van der Waals surface area contributed by atoms with Crippen LogP contribution in [-0.4, -0.2) is 20.9 Å². The molecule has 2 N–H and O–H groups in total. The molecular weight excluding hydrogens is 180 g/mol. The highest BCUT2D eigenvalue weighted by Gasteiger charge is 2.38. The Labute approximate surface area is 83.3 Å². The van der Waals surface area contributed by atoms with Gasteiger partial charge in [0.1, 0.15) is 0 Å². The van der Waals surface area contributed by atoms with Crippen LogP contribution in [0.25, 0.3) is 0 Å². The van der Waals surface area contributed by atoms with Crippen molar-refractivity contribution in [3.8, 4) is 5.88 Å². The molecule has 0 spiro atoms. The molecule has 1 aliphatic carbocycles. The van der Waals surface area contributed by atoms with Gasteiger partial charge in [-0.1, -0.05) is 13.3 Å². The Kier molecular flexibility index (Phi) is 2.46. The third-order valence-electron chi connectivity index (χ3n) is 2.95. The molecule has 0 aliphatic heterocycles. The molecule has 1 aliphatic rings. The molecule has 2 rings (SSSR count). The minimum atomic E-state index is -1.01. The summed E-state index contributed by atoms with van der Waals surface area (Å²) in [5.74, 6) is -0.286. The summed E-state index contributed by atoms with van der Waals surface area (Å²) in [5, 5.41) is 10.2. The highest BCUT2D eigenvalue weighted by atomic mass is 16.6. The third-order valence-corrected chi connectivity index (χ3v) is 2.95. The predicted molar refractivity (Wildman–Crippen MR) is 51.8 cm³/mol. The van der Waals surface area contributed by atoms with Gasteiger partial charge < -0.3 is 14.8 Å². The smallest absolute Gasteiger partial charge is 0.213 e. The van der Waals surface area contributed by atoms with E-state index in [1.807, 2.05) is 6.92 Å². The Hall–Kier alpha value is -1.03. The molecule has 1 aromatic heterocycles. The maximum atomic E-state index is 10.2. The van der Waals surface area contributed by atoms with Crippen molar-refractivity contribution in [2.24, 2.45) is 5.92 Å². The number of nitrogens with zero attached hydrogens (tertiary/aromatic N) is 1. The van der Waals surface area contributed by atoms with Crippen molar-refractivity contribution in [2.75, 3.05) is 0 Å². The monoisotopic (exact) mass is 196 g/mol. The van der Waals surface area contributed by atoms with Crippen LogP contribution in [-0.2, 0) is 0 Å². The predicted octanol–water partition coefficient (Wildman–Crippen LogP) is 1.69. The van der Waals surface area contributed by atoms with E-state index in [9.17, 15) is 5.11 Å². The van der Waals surface area contributed by atoms with Gasteiger partial charge in [0.25, 0.3) is 0 Å². The third kappa shape index (κ3) is 1.75. The summed E-state index contributed by atoms with van der Waals surface area (Å²) in [7, 11) is 0. The number of aromatic amines is 1. The van der Waals surface area contributed by atoms with Gasteiger partial charge in [0, 0.05) is 12.3 Å². The van der Waals surface area contributed by atoms with E-state index >= 15 is 0 Å². The topological polar surface area (TPSA) is 58.1 Å². The minimum Gasteiger partial charge on any atom is -0.445 e. The quantitative estimate of drug-likeness (QED) is 0.707. The van der Waals surface area contributed by atoms with Gasteiger partial charge in [0.2, 0.25) is 11.7 Å². The molecule has 1 aromatic rings. The molecule has 0 saturated heterocycles. The Balaban J connectivity index is 2.07. The van der Waals surface area contributed by atoms with Gasteiger partial charge in [-0.2, -0.15) is 0 Å². The number of aromatic nitrogens is 2. The first-order valence-corrected chi connectivity index (χ1v) is 5.10. The fourth-order valence-electron chi connectivity index (χ4n) is 1.94. The molecule has 14 heavy (non-hydrogen) atoms. The first kappa shape index (κ1) is 9.52. The molecule has 4 heteroatoms. The van der Waals surface area contributed by atoms with Crippen molar-refractivity contribution in [3.63, 3.8) is 0 Å². The van der Waals surface area contributed by atoms with Gasteiger partial charge in [0.15, 0.2) is 0 Å². The van der Waals surface area contributed by atoms with Gasteiger partial charge in [-0.05, 0) is 12.8 Å². The molecule has 1 heterocycles. The molecule has 0 bridgehead atoms. The van der Waals surface area contributed by atoms with Crippen LogP contribution in [0.15, 0.2) is 12.5 Å². The molecule has 1 saturated carbocycles. The Morgan fingerprint density at radius 2 is 2.50 bits per heavy atom. The minimum absolute atomic E-state index is 0.180. The van der Waals surface area contributed by atoms with Crippen LogP contribution >= 0.6 is 0 Å². The molecule has 0 amide bonds. The summed E-state index contributed by atoms with van der Waals surface area (Å²) in [6.07, 6.45) is 7.05. The van der Waals surface area contributed by atoms with Crippen LogP contribution in [0, 0.1) is 5.92 Å². The van der Waals surface area contributed by atoms with Crippen LogP contribution in [0.5, 0.6) is 5.88 Å². The summed E-state index contributed by atoms with van der Waals surface area (Å²) < 4.78 is 5.53. The summed E-state index contributed by atoms with van der Waals surface area (Å²) >= 11 is 0. The number of H-pyrrole nitrogens is 1. The molecular formula is C10H16N2O2. The van der Waals surface area contributed by atoms with Crippen LogP contribution in [0.4, 0.5) is 0 Å². The lowest BCUT2D eigenvalue weighted by atomic mass is 9.85. The second-order valence-electron chi connectivity index (χ2n) is 4.01. The number of aliphatic hydroxyl groups is 1. The number of hydrogen-bond acceptors (Lipinski definition) is 3. The van der Waals surface area contributed by atoms with E-state index in [1.165, 1.54) is 6.42 Å². The standard InChI is InChI=1S/C10H16N2O2/c1-8-4-2-3-5-10(8,13)14-9-6-11-7-12-9/h6-8,13H,2-5H2,1H3,(H,11,12). The maximum Gasteiger partial charge on any atom is 0.213 e. The highest BCUT2D eigenvalue weighted by Crippen LogP contribution is 2.34. The second kappa shape index (κ2) is 3.61. The van der Waals surface area contributed by atoms with Crippen molar-refractivity contribution in [1.29, 1.82) is 0 Å². The van der Waals surface area contributed by atoms with Crippen molar-refractivity contribution in [1.82, 2.24) is 9.97 Å². The summed E-state index contributed by atoms with van der Waals surface area (Å²) in [5.41, 5.74) is 0. The first-order valence-electron chi connectivity index (χ1n) is 5.10. The summed E-state index contributed by atoms with van der Waals surface area (Å²) in [6.45, 7) is 2.02. The number of hydrogen-bond donors (Lipinski definition) is 2. The van der Waals surface area contributed by atoms with E-state index in [4.69, 9.17) is 4.74 Å². The van der Waals surface area contributed by atoms with Crippen LogP contribution in [0.3, 0.4) is 0 Å². The number of imidazole rings is 1. The van der Waals surface area contributed by atoms with Gasteiger partial charge in [-0.15, -0.1) is 0 Å². The van der Waals surface area contributed by atoms with Crippen molar-refractivity contribution < 1.29 is 9.84 Å². The lowest BCUT2D eigenvalue weighted by Crippen LogP contribution is -2.44. The number of nitrogens with one attached hydrogen (secondary N) is 1. The van der Waals surface area contributed by atoms with E-state index in [1.54, 1.807) is 12.5 Å². The Morgan fingerprint density at radius 3 is 3.14 bits per heavy atom. The molecule has 2 atom stereocenters. The molecule has 0 radical (unpaired) electrons. The Morgan fingerprint density at radius 1 is 1.64 bits per heavy atom. The molecule has 78 valence electrons. The van der Waals surface area contributed by atoms with Gasteiger partial charge >= 0.3 is 0 Å². The SMILES string of the molecule is CC1CCCCC1(O)Oc1cnc[nH]1. The van der Waals surface area contributed by atoms with Gasteiger partial charge in [-0.25, -0.2) is 4.98 Å². The van der Waals surface area contributed by atoms with Gasteiger partial charge in [0.05, 0.1) is 12.5 Å². The van der Waals surface area contributed by atoms with E-state index in [0.717, 1.165) is 12.8 Å². The molecule has 1 fully saturated rings. The summed E-state index contributed by atoms with van der Waals surface area (Å²) in [4.78, 5) is 6.69. The largest absolute Gasteiger partial charge is 0.445 e. The fourth-order valence-corrected chi connectivity index (χ4v) is 1.94. The number of rotatable bonds is 2. The van der Waals surface area contributed by atoms with Crippen LogP contribution in [0.1, 0.15) is 32.6 Å². The molecule has 0 aromatic carbocycles. The van der Waals surface area contributed by atoms with E-state index in [0.29, 0.717) is 12.3 Å². The van der Waals surface area contributed by atoms with Crippen LogP contribution < -0.4 is 4.74 Å². The normalized spacial score (nSPS) is 32.9. The molecule has 4 nitrogen and oxygen atoms in total. The summed E-state index contributed by atoms with van der Waals surface area (Å²) in [6, 6.07) is 0. The second-order valence-corrected chi connectivity index (χ2v) is 4.01. The van der Waals surface area contributed by atoms with E-state index < -0.39 is 5.79 Å². The van der Waals surface area contributed by atoms with Crippen molar-refractivity contribution >= 4 is 0 Å². The van der Waals surface area contributed by atoms with Crippen molar-refractivity contribution in [2.45, 2.75) is 38.4 Å². The average Bonchev–Trinajstić information content (AvgIpc) is 2.63. The lowest BCUT2D eigenvalue weighted by Gasteiger charge is -2.37. The highest BCUT2D eigenvalue weighted by molar-refractivity contribution is 5.03. The van der Waals surface area contributed by atoms with E-state index in [-0.39, 0.29) is 5.92 Å². The Bertz CT molecular complexity index is 286.